The van der Waals surface area contributed by atoms with Crippen LogP contribution in [0.5, 0.6) is 11.5 Å². The van der Waals surface area contributed by atoms with E-state index in [0.29, 0.717) is 11.5 Å². The average molecular weight is 310 g/mol. The van der Waals surface area contributed by atoms with Gasteiger partial charge >= 0.3 is 11.8 Å². The van der Waals surface area contributed by atoms with Crippen LogP contribution < -0.4 is 20.1 Å². The Morgan fingerprint density at radius 1 is 1.14 bits per heavy atom. The molecule has 0 heterocycles. The fourth-order valence-electron chi connectivity index (χ4n) is 1.79. The molecule has 1 aromatic rings. The zero-order chi connectivity index (χ0) is 16.7. The number of aliphatic hydroxyl groups excluding tert-OH is 1. The lowest BCUT2D eigenvalue weighted by molar-refractivity contribution is -0.139. The van der Waals surface area contributed by atoms with Crippen molar-refractivity contribution in [3.63, 3.8) is 0 Å². The third-order valence-corrected chi connectivity index (χ3v) is 3.02. The van der Waals surface area contributed by atoms with Gasteiger partial charge in [-0.2, -0.15) is 0 Å². The molecule has 1 rings (SSSR count). The SMILES string of the molecule is COc1ccc(C(C)NC(=O)C(=O)NCC(C)O)cc1OC. The maximum Gasteiger partial charge on any atom is 0.309 e. The van der Waals surface area contributed by atoms with Crippen LogP contribution >= 0.6 is 0 Å². The Morgan fingerprint density at radius 2 is 1.77 bits per heavy atom. The monoisotopic (exact) mass is 310 g/mol. The van der Waals surface area contributed by atoms with Crippen LogP contribution in [0.15, 0.2) is 18.2 Å². The molecular formula is C15H22N2O5. The molecule has 2 atom stereocenters. The van der Waals surface area contributed by atoms with Crippen LogP contribution in [-0.2, 0) is 9.59 Å². The highest BCUT2D eigenvalue weighted by atomic mass is 16.5. The summed E-state index contributed by atoms with van der Waals surface area (Å²) in [5.74, 6) is -0.421. The Morgan fingerprint density at radius 3 is 2.32 bits per heavy atom. The van der Waals surface area contributed by atoms with Crippen LogP contribution in [0.1, 0.15) is 25.5 Å². The predicted octanol–water partition coefficient (Wildman–Crippen LogP) is 0.378. The molecule has 0 aliphatic carbocycles. The van der Waals surface area contributed by atoms with Gasteiger partial charge in [0.25, 0.3) is 0 Å². The van der Waals surface area contributed by atoms with E-state index in [1.807, 2.05) is 0 Å². The first-order valence-corrected chi connectivity index (χ1v) is 6.87. The summed E-state index contributed by atoms with van der Waals surface area (Å²) in [7, 11) is 3.06. The van der Waals surface area contributed by atoms with E-state index in [2.05, 4.69) is 10.6 Å². The molecule has 0 aliphatic heterocycles. The van der Waals surface area contributed by atoms with Gasteiger partial charge in [-0.05, 0) is 31.5 Å². The number of rotatable bonds is 6. The van der Waals surface area contributed by atoms with Crippen molar-refractivity contribution in [3.05, 3.63) is 23.8 Å². The summed E-state index contributed by atoms with van der Waals surface area (Å²) in [4.78, 5) is 23.3. The molecule has 0 radical (unpaired) electrons. The van der Waals surface area contributed by atoms with Crippen LogP contribution in [0, 0.1) is 0 Å². The van der Waals surface area contributed by atoms with Gasteiger partial charge in [0.05, 0.1) is 26.4 Å². The lowest BCUT2D eigenvalue weighted by atomic mass is 10.1. The van der Waals surface area contributed by atoms with E-state index in [0.717, 1.165) is 5.56 Å². The zero-order valence-corrected chi connectivity index (χ0v) is 13.2. The lowest BCUT2D eigenvalue weighted by Crippen LogP contribution is -2.43. The number of nitrogens with one attached hydrogen (secondary N) is 2. The Bertz CT molecular complexity index is 531. The highest BCUT2D eigenvalue weighted by Crippen LogP contribution is 2.29. The van der Waals surface area contributed by atoms with Crippen molar-refractivity contribution < 1.29 is 24.2 Å². The minimum atomic E-state index is -0.784. The maximum atomic E-state index is 11.8. The molecule has 7 heteroatoms. The lowest BCUT2D eigenvalue weighted by Gasteiger charge is -2.16. The van der Waals surface area contributed by atoms with E-state index in [1.165, 1.54) is 21.1 Å². The van der Waals surface area contributed by atoms with Gasteiger partial charge in [-0.25, -0.2) is 0 Å². The van der Waals surface area contributed by atoms with Gasteiger partial charge in [-0.1, -0.05) is 6.07 Å². The maximum absolute atomic E-state index is 11.8. The number of hydrogen-bond acceptors (Lipinski definition) is 5. The van der Waals surface area contributed by atoms with E-state index in [-0.39, 0.29) is 12.6 Å². The van der Waals surface area contributed by atoms with Crippen molar-refractivity contribution >= 4 is 11.8 Å². The summed E-state index contributed by atoms with van der Waals surface area (Å²) in [6.07, 6.45) is -0.708. The zero-order valence-electron chi connectivity index (χ0n) is 13.2. The van der Waals surface area contributed by atoms with E-state index >= 15 is 0 Å². The van der Waals surface area contributed by atoms with Crippen LogP contribution in [0.4, 0.5) is 0 Å². The molecule has 0 spiro atoms. The normalized spacial score (nSPS) is 13.0. The summed E-state index contributed by atoms with van der Waals surface area (Å²) in [5.41, 5.74) is 0.773. The van der Waals surface area contributed by atoms with Gasteiger partial charge in [0, 0.05) is 6.54 Å². The molecule has 0 bridgehead atoms. The Hall–Kier alpha value is -2.28. The molecule has 2 unspecified atom stereocenters. The van der Waals surface area contributed by atoms with Crippen molar-refractivity contribution in [1.29, 1.82) is 0 Å². The van der Waals surface area contributed by atoms with E-state index < -0.39 is 17.9 Å². The van der Waals surface area contributed by atoms with Gasteiger partial charge in [-0.15, -0.1) is 0 Å². The third-order valence-electron chi connectivity index (χ3n) is 3.02. The van der Waals surface area contributed by atoms with E-state index in [4.69, 9.17) is 14.6 Å². The molecule has 0 aromatic heterocycles. The first-order valence-electron chi connectivity index (χ1n) is 6.87. The summed E-state index contributed by atoms with van der Waals surface area (Å²) in [6.45, 7) is 3.29. The van der Waals surface area contributed by atoms with Crippen LogP contribution in [0.25, 0.3) is 0 Å². The first kappa shape index (κ1) is 17.8. The first-order chi connectivity index (χ1) is 10.4. The topological polar surface area (TPSA) is 96.9 Å². The smallest absolute Gasteiger partial charge is 0.309 e. The highest BCUT2D eigenvalue weighted by Gasteiger charge is 2.18. The molecule has 7 nitrogen and oxygen atoms in total. The second-order valence-corrected chi connectivity index (χ2v) is 4.87. The Kier molecular flexibility index (Phi) is 6.65. The van der Waals surface area contributed by atoms with Crippen molar-refractivity contribution in [2.24, 2.45) is 0 Å². The van der Waals surface area contributed by atoms with Crippen LogP contribution in [-0.4, -0.2) is 43.8 Å². The van der Waals surface area contributed by atoms with Crippen molar-refractivity contribution in [3.8, 4) is 11.5 Å². The number of ether oxygens (including phenoxy) is 2. The number of carbonyl (C=O) groups is 2. The third kappa shape index (κ3) is 4.92. The van der Waals surface area contributed by atoms with Gasteiger partial charge < -0.3 is 25.2 Å². The molecule has 22 heavy (non-hydrogen) atoms. The number of benzene rings is 1. The highest BCUT2D eigenvalue weighted by molar-refractivity contribution is 6.35. The van der Waals surface area contributed by atoms with E-state index in [9.17, 15) is 9.59 Å². The number of aliphatic hydroxyl groups is 1. The summed E-state index contributed by atoms with van der Waals surface area (Å²) >= 11 is 0. The standard InChI is InChI=1S/C15H22N2O5/c1-9(18)8-16-14(19)15(20)17-10(2)11-5-6-12(21-3)13(7-11)22-4/h5-7,9-10,18H,8H2,1-4H3,(H,16,19)(H,17,20). The molecule has 0 fully saturated rings. The Balaban J connectivity index is 2.70. The fourth-order valence-corrected chi connectivity index (χ4v) is 1.79. The number of hydrogen-bond donors (Lipinski definition) is 3. The predicted molar refractivity (Wildman–Crippen MR) is 80.8 cm³/mol. The molecular weight excluding hydrogens is 288 g/mol. The number of carbonyl (C=O) groups excluding carboxylic acids is 2. The molecule has 0 aliphatic rings. The Labute approximate surface area is 129 Å². The second kappa shape index (κ2) is 8.23. The largest absolute Gasteiger partial charge is 0.493 e. The molecule has 2 amide bonds. The molecule has 1 aromatic carbocycles. The van der Waals surface area contributed by atoms with Gasteiger partial charge in [0.2, 0.25) is 0 Å². The molecule has 122 valence electrons. The van der Waals surface area contributed by atoms with Crippen LogP contribution in [0.2, 0.25) is 0 Å². The number of amides is 2. The molecule has 0 saturated heterocycles. The summed E-state index contributed by atoms with van der Waals surface area (Å²) in [5, 5.41) is 14.0. The minimum Gasteiger partial charge on any atom is -0.493 e. The van der Waals surface area contributed by atoms with Gasteiger partial charge in [0.15, 0.2) is 11.5 Å². The molecule has 0 saturated carbocycles. The van der Waals surface area contributed by atoms with E-state index in [1.54, 1.807) is 25.1 Å². The summed E-state index contributed by atoms with van der Waals surface area (Å²) in [6, 6.07) is 4.85. The van der Waals surface area contributed by atoms with Crippen molar-refractivity contribution in [2.75, 3.05) is 20.8 Å². The quantitative estimate of drug-likeness (QED) is 0.660. The minimum absolute atomic E-state index is 0.0248. The van der Waals surface area contributed by atoms with Crippen LogP contribution in [0.3, 0.4) is 0 Å². The van der Waals surface area contributed by atoms with Crippen molar-refractivity contribution in [2.45, 2.75) is 26.0 Å². The molecule has 3 N–H and O–H groups in total. The average Bonchev–Trinajstić information content (AvgIpc) is 2.51. The van der Waals surface area contributed by atoms with Gasteiger partial charge in [-0.3, -0.25) is 9.59 Å². The second-order valence-electron chi connectivity index (χ2n) is 4.87. The van der Waals surface area contributed by atoms with Gasteiger partial charge in [0.1, 0.15) is 0 Å². The number of methoxy groups -OCH3 is 2. The summed E-state index contributed by atoms with van der Waals surface area (Å²) < 4.78 is 10.3. The van der Waals surface area contributed by atoms with Crippen molar-refractivity contribution in [1.82, 2.24) is 10.6 Å². The fraction of sp³-hybridized carbons (Fsp3) is 0.467.